The summed E-state index contributed by atoms with van der Waals surface area (Å²) in [6, 6.07) is 0.993. The largest absolute Gasteiger partial charge is 0.338 e. The molecule has 0 aliphatic carbocycles. The summed E-state index contributed by atoms with van der Waals surface area (Å²) in [6.45, 7) is 4.21. The monoisotopic (exact) mass is 307 g/mol. The van der Waals surface area contributed by atoms with E-state index in [1.54, 1.807) is 11.3 Å². The molecule has 5 heteroatoms. The Kier molecular flexibility index (Phi) is 4.60. The van der Waals surface area contributed by atoms with E-state index in [0.29, 0.717) is 18.5 Å². The quantitative estimate of drug-likeness (QED) is 0.856. The lowest BCUT2D eigenvalue weighted by atomic mass is 10.0. The number of amides is 1. The van der Waals surface area contributed by atoms with Crippen LogP contribution in [0.5, 0.6) is 0 Å². The highest BCUT2D eigenvalue weighted by molar-refractivity contribution is 7.09. The number of carbonyl (C=O) groups excluding carboxylic acids is 1. The molecule has 2 saturated heterocycles. The summed E-state index contributed by atoms with van der Waals surface area (Å²) < 4.78 is 0. The molecule has 2 atom stereocenters. The molecule has 116 valence electrons. The van der Waals surface area contributed by atoms with Crippen molar-refractivity contribution in [3.8, 4) is 0 Å². The summed E-state index contributed by atoms with van der Waals surface area (Å²) in [6.07, 6.45) is 6.25. The summed E-state index contributed by atoms with van der Waals surface area (Å²) in [5.41, 5.74) is 0.951. The zero-order valence-corrected chi connectivity index (χ0v) is 13.9. The van der Waals surface area contributed by atoms with Gasteiger partial charge in [0, 0.05) is 24.0 Å². The van der Waals surface area contributed by atoms with Crippen LogP contribution >= 0.6 is 11.3 Å². The Morgan fingerprint density at radius 3 is 2.76 bits per heavy atom. The molecule has 2 aliphatic heterocycles. The average Bonchev–Trinajstić information content (AvgIpc) is 3.17. The van der Waals surface area contributed by atoms with Gasteiger partial charge in [-0.3, -0.25) is 4.79 Å². The van der Waals surface area contributed by atoms with E-state index in [2.05, 4.69) is 28.8 Å². The molecular weight excluding hydrogens is 282 g/mol. The zero-order chi connectivity index (χ0) is 14.8. The molecule has 4 nitrogen and oxygen atoms in total. The van der Waals surface area contributed by atoms with Gasteiger partial charge in [-0.25, -0.2) is 4.98 Å². The molecule has 0 aromatic carbocycles. The van der Waals surface area contributed by atoms with Gasteiger partial charge in [0.05, 0.1) is 17.1 Å². The Labute approximate surface area is 131 Å². The van der Waals surface area contributed by atoms with Crippen LogP contribution in [-0.4, -0.2) is 52.9 Å². The number of aryl methyl sites for hydroxylation is 1. The third kappa shape index (κ3) is 3.14. The number of aromatic nitrogens is 1. The van der Waals surface area contributed by atoms with Crippen molar-refractivity contribution in [2.45, 2.75) is 57.5 Å². The zero-order valence-electron chi connectivity index (χ0n) is 13.0. The molecule has 3 rings (SSSR count). The van der Waals surface area contributed by atoms with E-state index in [-0.39, 0.29) is 5.91 Å². The Hall–Kier alpha value is -0.940. The summed E-state index contributed by atoms with van der Waals surface area (Å²) in [5.74, 6) is 0.269. The maximum atomic E-state index is 12.7. The van der Waals surface area contributed by atoms with E-state index < -0.39 is 0 Å². The Bertz CT molecular complexity index is 501. The smallest absolute Gasteiger partial charge is 0.228 e. The Balaban J connectivity index is 1.65. The fraction of sp³-hybridized carbons (Fsp3) is 0.750. The highest BCUT2D eigenvalue weighted by Gasteiger charge is 2.38. The normalized spacial score (nSPS) is 26.7. The SMILES string of the molecule is CCc1nc(CC(=O)N2CCC[C@H]2[C@H]2CCCN2C)cs1. The maximum absolute atomic E-state index is 12.7. The highest BCUT2D eigenvalue weighted by Crippen LogP contribution is 2.29. The van der Waals surface area contributed by atoms with Gasteiger partial charge in [-0.2, -0.15) is 0 Å². The third-order valence-electron chi connectivity index (χ3n) is 4.87. The molecule has 3 heterocycles. The van der Waals surface area contributed by atoms with E-state index in [9.17, 15) is 4.79 Å². The summed E-state index contributed by atoms with van der Waals surface area (Å²) in [7, 11) is 2.20. The molecule has 1 amide bonds. The first-order valence-corrected chi connectivity index (χ1v) is 9.00. The molecule has 2 fully saturated rings. The highest BCUT2D eigenvalue weighted by atomic mass is 32.1. The molecule has 1 aromatic heterocycles. The van der Waals surface area contributed by atoms with Crippen LogP contribution in [-0.2, 0) is 17.6 Å². The van der Waals surface area contributed by atoms with Crippen molar-refractivity contribution in [1.29, 1.82) is 0 Å². The molecule has 2 aliphatic rings. The lowest BCUT2D eigenvalue weighted by Gasteiger charge is -2.33. The van der Waals surface area contributed by atoms with Crippen molar-refractivity contribution in [2.75, 3.05) is 20.1 Å². The molecule has 0 bridgehead atoms. The van der Waals surface area contributed by atoms with Crippen LogP contribution in [0.25, 0.3) is 0 Å². The van der Waals surface area contributed by atoms with Gasteiger partial charge in [0.25, 0.3) is 0 Å². The van der Waals surface area contributed by atoms with Crippen LogP contribution in [0.15, 0.2) is 5.38 Å². The lowest BCUT2D eigenvalue weighted by Crippen LogP contribution is -2.47. The van der Waals surface area contributed by atoms with E-state index >= 15 is 0 Å². The van der Waals surface area contributed by atoms with Gasteiger partial charge in [0.1, 0.15) is 0 Å². The minimum absolute atomic E-state index is 0.269. The fourth-order valence-electron chi connectivity index (χ4n) is 3.77. The van der Waals surface area contributed by atoms with Crippen molar-refractivity contribution in [1.82, 2.24) is 14.8 Å². The predicted molar refractivity (Wildman–Crippen MR) is 85.6 cm³/mol. The van der Waals surface area contributed by atoms with Crippen LogP contribution in [0.2, 0.25) is 0 Å². The summed E-state index contributed by atoms with van der Waals surface area (Å²) >= 11 is 1.67. The Morgan fingerprint density at radius 1 is 1.33 bits per heavy atom. The van der Waals surface area contributed by atoms with Gasteiger partial charge < -0.3 is 9.80 Å². The molecule has 21 heavy (non-hydrogen) atoms. The first kappa shape index (κ1) is 15.0. The van der Waals surface area contributed by atoms with E-state index in [1.165, 1.54) is 19.4 Å². The standard InChI is InChI=1S/C16H25N3OS/c1-3-15-17-12(11-21-15)10-16(20)19-9-5-7-14(19)13-6-4-8-18(13)2/h11,13-14H,3-10H2,1-2H3/t13-,14+/m1/s1. The molecule has 1 aromatic rings. The lowest BCUT2D eigenvalue weighted by molar-refractivity contribution is -0.132. The van der Waals surface area contributed by atoms with Crippen molar-refractivity contribution in [2.24, 2.45) is 0 Å². The maximum Gasteiger partial charge on any atom is 0.228 e. The van der Waals surface area contributed by atoms with Crippen molar-refractivity contribution in [3.63, 3.8) is 0 Å². The third-order valence-corrected chi connectivity index (χ3v) is 5.92. The number of thiazole rings is 1. The van der Waals surface area contributed by atoms with Gasteiger partial charge >= 0.3 is 0 Å². The second kappa shape index (κ2) is 6.44. The van der Waals surface area contributed by atoms with Crippen molar-refractivity contribution < 1.29 is 4.79 Å². The molecule has 0 N–H and O–H groups in total. The first-order chi connectivity index (χ1) is 10.2. The number of likely N-dealkylation sites (tertiary alicyclic amines) is 2. The number of hydrogen-bond donors (Lipinski definition) is 0. The number of rotatable bonds is 4. The number of likely N-dealkylation sites (N-methyl/N-ethyl adjacent to an activating group) is 1. The van der Waals surface area contributed by atoms with Crippen molar-refractivity contribution >= 4 is 17.2 Å². The predicted octanol–water partition coefficient (Wildman–Crippen LogP) is 2.33. The number of carbonyl (C=O) groups is 1. The van der Waals surface area contributed by atoms with E-state index in [1.807, 2.05) is 5.38 Å². The van der Waals surface area contributed by atoms with Crippen molar-refractivity contribution in [3.05, 3.63) is 16.1 Å². The molecule has 0 unspecified atom stereocenters. The van der Waals surface area contributed by atoms with Gasteiger partial charge in [0.2, 0.25) is 5.91 Å². The van der Waals surface area contributed by atoms with Crippen LogP contribution in [0.3, 0.4) is 0 Å². The molecule has 0 spiro atoms. The van der Waals surface area contributed by atoms with Crippen LogP contribution in [0.4, 0.5) is 0 Å². The summed E-state index contributed by atoms with van der Waals surface area (Å²) in [4.78, 5) is 21.8. The second-order valence-electron chi connectivity index (χ2n) is 6.25. The molecule has 0 radical (unpaired) electrons. The van der Waals surface area contributed by atoms with Crippen LogP contribution in [0.1, 0.15) is 43.3 Å². The van der Waals surface area contributed by atoms with Gasteiger partial charge in [0.15, 0.2) is 0 Å². The molecule has 0 saturated carbocycles. The van der Waals surface area contributed by atoms with Gasteiger partial charge in [-0.1, -0.05) is 6.92 Å². The van der Waals surface area contributed by atoms with E-state index in [0.717, 1.165) is 36.5 Å². The number of nitrogens with zero attached hydrogens (tertiary/aromatic N) is 3. The minimum atomic E-state index is 0.269. The summed E-state index contributed by atoms with van der Waals surface area (Å²) in [5, 5.41) is 3.18. The van der Waals surface area contributed by atoms with E-state index in [4.69, 9.17) is 0 Å². The van der Waals surface area contributed by atoms with Gasteiger partial charge in [-0.15, -0.1) is 11.3 Å². The minimum Gasteiger partial charge on any atom is -0.338 e. The van der Waals surface area contributed by atoms with Gasteiger partial charge in [-0.05, 0) is 45.7 Å². The van der Waals surface area contributed by atoms with Crippen LogP contribution in [0, 0.1) is 0 Å². The topological polar surface area (TPSA) is 36.4 Å². The fourth-order valence-corrected chi connectivity index (χ4v) is 4.52. The Morgan fingerprint density at radius 2 is 2.10 bits per heavy atom. The first-order valence-electron chi connectivity index (χ1n) is 8.12. The second-order valence-corrected chi connectivity index (χ2v) is 7.19. The number of hydrogen-bond acceptors (Lipinski definition) is 4. The molecular formula is C16H25N3OS. The average molecular weight is 307 g/mol. The van der Waals surface area contributed by atoms with Crippen LogP contribution < -0.4 is 0 Å².